The third kappa shape index (κ3) is 24.2. The molecule has 17 nitrogen and oxygen atoms in total. The molecule has 2 aliphatic heterocycles. The number of fused-ring (bicyclic) bond motifs is 2. The van der Waals surface area contributed by atoms with Crippen molar-refractivity contribution in [3.63, 3.8) is 0 Å². The molecule has 494 valence electrons. The summed E-state index contributed by atoms with van der Waals surface area (Å²) in [5.74, 6) is 2.65. The molecule has 2 heterocycles. The summed E-state index contributed by atoms with van der Waals surface area (Å²) in [6.45, 7) is 22.9. The van der Waals surface area contributed by atoms with Crippen molar-refractivity contribution >= 4 is 48.0 Å². The average molecular weight is 1290 g/mol. The van der Waals surface area contributed by atoms with Crippen LogP contribution >= 0.6 is 7.92 Å². The van der Waals surface area contributed by atoms with Crippen molar-refractivity contribution in [1.82, 2.24) is 9.80 Å². The number of carbonyl (C=O) groups is 4. The lowest BCUT2D eigenvalue weighted by molar-refractivity contribution is -0.148. The topological polar surface area (TPSA) is 205 Å². The molecule has 11 rings (SSSR count). The molecule has 2 aliphatic carbocycles. The highest BCUT2D eigenvalue weighted by molar-refractivity contribution is 7.79. The van der Waals surface area contributed by atoms with Gasteiger partial charge in [-0.25, -0.2) is 9.59 Å². The molecule has 2 N–H and O–H groups in total. The number of hydrogen-bond acceptors (Lipinski definition) is 15. The highest BCUT2D eigenvalue weighted by Crippen LogP contribution is 2.46. The van der Waals surface area contributed by atoms with Gasteiger partial charge in [0.2, 0.25) is 0 Å². The van der Waals surface area contributed by atoms with Crippen LogP contribution in [-0.4, -0.2) is 134 Å². The summed E-state index contributed by atoms with van der Waals surface area (Å²) in [5, 5.41) is 28.3. The largest absolute Gasteiger partial charge is 0.508 e. The molecule has 0 aromatic heterocycles. The summed E-state index contributed by atoms with van der Waals surface area (Å²) in [7, 11) is -0.458. The Morgan fingerprint density at radius 2 is 0.849 bits per heavy atom. The van der Waals surface area contributed by atoms with E-state index < -0.39 is 31.3 Å². The van der Waals surface area contributed by atoms with Crippen LogP contribution in [0.4, 0.5) is 9.59 Å². The number of azo groups is 1. The summed E-state index contributed by atoms with van der Waals surface area (Å²) < 4.78 is 36.3. The molecule has 2 spiro atoms. The van der Waals surface area contributed by atoms with Crippen molar-refractivity contribution in [2.45, 2.75) is 99.2 Å². The van der Waals surface area contributed by atoms with Gasteiger partial charge in [-0.1, -0.05) is 149 Å². The van der Waals surface area contributed by atoms with Crippen LogP contribution in [0.5, 0.6) is 23.0 Å². The van der Waals surface area contributed by atoms with Crippen molar-refractivity contribution < 1.29 is 62.5 Å². The number of ether oxygens (including phenoxy) is 7. The SMILES string of the molecule is CC(C)(C)OC(=O)N=NC(=O)OC(C)(C)C.CCOC(=O)CN1CC2(Cc3ccc(O)cc3C2)C1.CCOC(=O)CN1CC2(Cc3ccc(OCCOc4ccccc4)cc3C2)C1.Cc1ccc(P(c2ccccc2)c2ccccc2)cc1.OCCOc1ccccc1. The highest BCUT2D eigenvalue weighted by Gasteiger charge is 2.48. The van der Waals surface area contributed by atoms with E-state index in [0.29, 0.717) is 51.9 Å². The van der Waals surface area contributed by atoms with Crippen LogP contribution in [0.2, 0.25) is 0 Å². The minimum absolute atomic E-state index is 0.0644. The van der Waals surface area contributed by atoms with Gasteiger partial charge in [0.15, 0.2) is 0 Å². The van der Waals surface area contributed by atoms with E-state index in [0.717, 1.165) is 69.1 Å². The number of aliphatic hydroxyl groups excluding tert-OH is 1. The van der Waals surface area contributed by atoms with E-state index in [2.05, 4.69) is 130 Å². The number of phenols is 1. The number of benzene rings is 7. The molecule has 7 aromatic rings. The third-order valence-corrected chi connectivity index (χ3v) is 17.4. The molecule has 0 bridgehead atoms. The molecule has 0 saturated carbocycles. The smallest absolute Gasteiger partial charge is 0.453 e. The zero-order valence-corrected chi connectivity index (χ0v) is 56.1. The number of nitrogens with zero attached hydrogens (tertiary/aromatic N) is 4. The van der Waals surface area contributed by atoms with Gasteiger partial charge in [0.25, 0.3) is 0 Å². The maximum absolute atomic E-state index is 11.6. The first-order chi connectivity index (χ1) is 44.5. The number of phenolic OH excluding ortho intramolecular Hbond substituents is 1. The van der Waals surface area contributed by atoms with E-state index in [-0.39, 0.29) is 29.4 Å². The molecule has 0 atom stereocenters. The standard InChI is InChI=1S/C23H27NO4.C19H17P.C15H19NO3.C10H18N2O4.C8H10O2/c1-2-26-22(25)15-24-16-23(17-24)13-18-8-9-21(12-19(18)14-23)28-11-10-27-20-6-4-3-5-7-20;1-16-12-14-19(15-13-16)20(17-8-4-2-5-9-17)18-10-6-3-7-11-18;1-2-19-14(18)8-16-9-15(10-16)6-11-3-4-13(17)5-12(11)7-15;1-9(2,3)15-7(13)11-12-8(14)16-10(4,5)6;9-6-7-10-8-4-2-1-3-5-8/h3-9,12H,2,10-11,13-17H2,1H3;2-15H,1H3;3-5,17H,2,6-10H2,1H3;1-6H3;1-5,9H,6-7H2. The zero-order chi connectivity index (χ0) is 66.9. The Morgan fingerprint density at radius 3 is 1.27 bits per heavy atom. The number of likely N-dealkylation sites (tertiary alicyclic amines) is 2. The average Bonchev–Trinajstić information content (AvgIpc) is 1.63. The molecular formula is C75H91N4O13P. The summed E-state index contributed by atoms with van der Waals surface area (Å²) in [5.41, 5.74) is 5.93. The van der Waals surface area contributed by atoms with Gasteiger partial charge < -0.3 is 43.4 Å². The molecular weight excluding hydrogens is 1200 g/mol. The van der Waals surface area contributed by atoms with Crippen molar-refractivity contribution in [2.24, 2.45) is 21.1 Å². The monoisotopic (exact) mass is 1290 g/mol. The number of aryl methyl sites for hydroxylation is 1. The second kappa shape index (κ2) is 35.0. The van der Waals surface area contributed by atoms with Gasteiger partial charge in [0, 0.05) is 37.0 Å². The van der Waals surface area contributed by atoms with E-state index in [9.17, 15) is 24.3 Å². The van der Waals surface area contributed by atoms with Crippen LogP contribution in [0.15, 0.2) is 192 Å². The summed E-state index contributed by atoms with van der Waals surface area (Å²) >= 11 is 0. The number of para-hydroxylation sites is 2. The molecule has 4 aliphatic rings. The van der Waals surface area contributed by atoms with E-state index >= 15 is 0 Å². The Morgan fingerprint density at radius 1 is 0.473 bits per heavy atom. The first kappa shape index (κ1) is 72.0. The normalized spacial score (nSPS) is 14.7. The fourth-order valence-corrected chi connectivity index (χ4v) is 13.7. The fourth-order valence-electron chi connectivity index (χ4n) is 11.4. The fraction of sp³-hybridized carbons (Fsp3) is 0.387. The zero-order valence-electron chi connectivity index (χ0n) is 55.3. The number of amides is 2. The van der Waals surface area contributed by atoms with Gasteiger partial charge in [-0.3, -0.25) is 19.4 Å². The Hall–Kier alpha value is -8.47. The second-order valence-corrected chi connectivity index (χ2v) is 27.6. The Balaban J connectivity index is 0.000000170. The second-order valence-electron chi connectivity index (χ2n) is 25.4. The number of rotatable bonds is 17. The Labute approximate surface area is 549 Å². The lowest BCUT2D eigenvalue weighted by Gasteiger charge is -2.47. The van der Waals surface area contributed by atoms with Gasteiger partial charge >= 0.3 is 24.1 Å². The van der Waals surface area contributed by atoms with Crippen LogP contribution in [-0.2, 0) is 54.2 Å². The number of esters is 2. The first-order valence-electron chi connectivity index (χ1n) is 31.7. The first-order valence-corrected chi connectivity index (χ1v) is 33.0. The maximum Gasteiger partial charge on any atom is 0.453 e. The third-order valence-electron chi connectivity index (χ3n) is 15.0. The van der Waals surface area contributed by atoms with Crippen LogP contribution in [0.3, 0.4) is 0 Å². The molecule has 2 amide bonds. The van der Waals surface area contributed by atoms with Crippen molar-refractivity contribution in [3.8, 4) is 23.0 Å². The number of carbonyl (C=O) groups excluding carboxylic acids is 4. The van der Waals surface area contributed by atoms with Crippen molar-refractivity contribution in [1.29, 1.82) is 0 Å². The lowest BCUT2D eigenvalue weighted by atomic mass is 9.77. The number of aliphatic hydroxyl groups is 1. The van der Waals surface area contributed by atoms with E-state index in [1.807, 2.05) is 86.6 Å². The molecule has 93 heavy (non-hydrogen) atoms. The van der Waals surface area contributed by atoms with Gasteiger partial charge in [0.1, 0.15) is 54.0 Å². The van der Waals surface area contributed by atoms with Gasteiger partial charge in [-0.2, -0.15) is 0 Å². The van der Waals surface area contributed by atoms with Crippen molar-refractivity contribution in [3.05, 3.63) is 210 Å². The lowest BCUT2D eigenvalue weighted by Crippen LogP contribution is -2.58. The van der Waals surface area contributed by atoms with Gasteiger partial charge in [-0.05, 0) is 183 Å². The number of hydrogen-bond donors (Lipinski definition) is 2. The predicted octanol–water partition coefficient (Wildman–Crippen LogP) is 12.6. The molecule has 2 fully saturated rings. The van der Waals surface area contributed by atoms with Crippen LogP contribution in [0, 0.1) is 17.8 Å². The summed E-state index contributed by atoms with van der Waals surface area (Å²) in [4.78, 5) is 49.5. The minimum atomic E-state index is -0.918. The van der Waals surface area contributed by atoms with Gasteiger partial charge in [0.05, 0.1) is 32.9 Å². The molecule has 18 heteroatoms. The van der Waals surface area contributed by atoms with Crippen LogP contribution in [0.1, 0.15) is 83.2 Å². The molecule has 0 radical (unpaired) electrons. The summed E-state index contributed by atoms with van der Waals surface area (Å²) in [6.07, 6.45) is 2.37. The molecule has 7 aromatic carbocycles. The minimum Gasteiger partial charge on any atom is -0.508 e. The van der Waals surface area contributed by atoms with E-state index in [1.54, 1.807) is 47.6 Å². The van der Waals surface area contributed by atoms with Crippen LogP contribution < -0.4 is 30.1 Å². The number of aromatic hydroxyl groups is 1. The quantitative estimate of drug-likeness (QED) is 0.0286. The van der Waals surface area contributed by atoms with E-state index in [4.69, 9.17) is 38.3 Å². The molecule has 0 unspecified atom stereocenters. The van der Waals surface area contributed by atoms with Gasteiger partial charge in [-0.15, -0.1) is 0 Å². The van der Waals surface area contributed by atoms with Crippen molar-refractivity contribution in [2.75, 3.05) is 78.9 Å². The molecule has 2 saturated heterocycles. The predicted molar refractivity (Wildman–Crippen MR) is 364 cm³/mol. The summed E-state index contributed by atoms with van der Waals surface area (Å²) in [6, 6.07) is 61.8. The highest BCUT2D eigenvalue weighted by atomic mass is 31.1. The van der Waals surface area contributed by atoms with Crippen LogP contribution in [0.25, 0.3) is 0 Å². The Kier molecular flexibility index (Phi) is 27.1. The Bertz CT molecular complexity index is 3410. The van der Waals surface area contributed by atoms with E-state index in [1.165, 1.54) is 43.7 Å². The maximum atomic E-state index is 11.6.